The van der Waals surface area contributed by atoms with Gasteiger partial charge in [-0.05, 0) is 69.9 Å². The van der Waals surface area contributed by atoms with E-state index in [1.807, 2.05) is 45.9 Å². The van der Waals surface area contributed by atoms with Crippen LogP contribution in [0.3, 0.4) is 0 Å². The number of nitrogens with one attached hydrogen (secondary N) is 1. The van der Waals surface area contributed by atoms with Crippen LogP contribution in [0.25, 0.3) is 0 Å². The molecular weight excluding hydrogens is 353 g/mol. The van der Waals surface area contributed by atoms with Gasteiger partial charge in [0.15, 0.2) is 0 Å². The average Bonchev–Trinajstić information content (AvgIpc) is 2.65. The van der Waals surface area contributed by atoms with E-state index in [9.17, 15) is 9.18 Å². The number of hydrogen-bond donors (Lipinski definition) is 1. The lowest BCUT2D eigenvalue weighted by Crippen LogP contribution is -2.42. The zero-order valence-electron chi connectivity index (χ0n) is 17.3. The second-order valence-electron chi connectivity index (χ2n) is 8.18. The van der Waals surface area contributed by atoms with E-state index in [-0.39, 0.29) is 17.8 Å². The minimum absolute atomic E-state index is 0.0874. The molecule has 28 heavy (non-hydrogen) atoms. The van der Waals surface area contributed by atoms with Crippen LogP contribution in [-0.2, 0) is 10.2 Å². The number of carbonyl (C=O) groups excluding carboxylic acids is 1. The van der Waals surface area contributed by atoms with Crippen LogP contribution in [0.5, 0.6) is 5.75 Å². The van der Waals surface area contributed by atoms with Crippen LogP contribution in [0, 0.1) is 19.7 Å². The van der Waals surface area contributed by atoms with Crippen LogP contribution in [0.15, 0.2) is 36.4 Å². The van der Waals surface area contributed by atoms with Gasteiger partial charge in [-0.1, -0.05) is 37.5 Å². The smallest absolute Gasteiger partial charge is 0.235 e. The van der Waals surface area contributed by atoms with Crippen molar-refractivity contribution < 1.29 is 13.9 Å². The van der Waals surface area contributed by atoms with Gasteiger partial charge in [0.25, 0.3) is 0 Å². The van der Waals surface area contributed by atoms with Crippen molar-refractivity contribution in [3.63, 3.8) is 0 Å². The standard InChI is InChI=1S/C24H30FNO2/c1-16(2)28-22-17(3)14-19(15-18(22)4)26-23(27)24(12-8-5-9-13-24)20-10-6-7-11-21(20)25/h6-7,10-11,14-16H,5,8-9,12-13H2,1-4H3,(H,26,27). The lowest BCUT2D eigenvalue weighted by Gasteiger charge is -2.36. The molecule has 150 valence electrons. The van der Waals surface area contributed by atoms with Crippen LogP contribution in [-0.4, -0.2) is 12.0 Å². The van der Waals surface area contributed by atoms with Gasteiger partial charge in [0.2, 0.25) is 5.91 Å². The van der Waals surface area contributed by atoms with E-state index in [1.54, 1.807) is 12.1 Å². The average molecular weight is 384 g/mol. The highest BCUT2D eigenvalue weighted by molar-refractivity contribution is 5.99. The molecule has 1 N–H and O–H groups in total. The predicted octanol–water partition coefficient (Wildman–Crippen LogP) is 6.07. The molecule has 1 saturated carbocycles. The van der Waals surface area contributed by atoms with Crippen molar-refractivity contribution in [3.05, 3.63) is 58.9 Å². The second kappa shape index (κ2) is 8.34. The summed E-state index contributed by atoms with van der Waals surface area (Å²) in [5.41, 5.74) is 2.40. The van der Waals surface area contributed by atoms with Crippen LogP contribution in [0.2, 0.25) is 0 Å². The van der Waals surface area contributed by atoms with E-state index >= 15 is 0 Å². The normalized spacial score (nSPS) is 16.1. The number of amides is 1. The number of ether oxygens (including phenoxy) is 1. The summed E-state index contributed by atoms with van der Waals surface area (Å²) in [6, 6.07) is 10.6. The van der Waals surface area contributed by atoms with E-state index in [1.165, 1.54) is 6.07 Å². The van der Waals surface area contributed by atoms with Crippen molar-refractivity contribution in [1.82, 2.24) is 0 Å². The first-order valence-corrected chi connectivity index (χ1v) is 10.2. The molecular formula is C24H30FNO2. The number of halogens is 1. The largest absolute Gasteiger partial charge is 0.490 e. The van der Waals surface area contributed by atoms with Gasteiger partial charge in [0, 0.05) is 11.3 Å². The number of anilines is 1. The van der Waals surface area contributed by atoms with E-state index in [0.717, 1.165) is 41.8 Å². The molecule has 0 aromatic heterocycles. The van der Waals surface area contributed by atoms with Gasteiger partial charge in [-0.15, -0.1) is 0 Å². The van der Waals surface area contributed by atoms with Gasteiger partial charge < -0.3 is 10.1 Å². The van der Waals surface area contributed by atoms with Crippen molar-refractivity contribution in [3.8, 4) is 5.75 Å². The quantitative estimate of drug-likeness (QED) is 0.680. The third kappa shape index (κ3) is 4.06. The van der Waals surface area contributed by atoms with Crippen LogP contribution >= 0.6 is 0 Å². The van der Waals surface area contributed by atoms with Crippen molar-refractivity contribution >= 4 is 11.6 Å². The molecule has 4 heteroatoms. The van der Waals surface area contributed by atoms with Gasteiger partial charge in [-0.3, -0.25) is 4.79 Å². The molecule has 2 aromatic carbocycles. The molecule has 0 spiro atoms. The SMILES string of the molecule is Cc1cc(NC(=O)C2(c3ccccc3F)CCCCC2)cc(C)c1OC(C)C. The Hall–Kier alpha value is -2.36. The fourth-order valence-corrected chi connectivity index (χ4v) is 4.32. The van der Waals surface area contributed by atoms with Gasteiger partial charge in [0.05, 0.1) is 11.5 Å². The minimum atomic E-state index is -0.807. The van der Waals surface area contributed by atoms with Crippen LogP contribution in [0.1, 0.15) is 62.6 Å². The van der Waals surface area contributed by atoms with Crippen LogP contribution in [0.4, 0.5) is 10.1 Å². The molecule has 0 aliphatic heterocycles. The summed E-state index contributed by atoms with van der Waals surface area (Å²) in [6.07, 6.45) is 4.38. The van der Waals surface area contributed by atoms with Gasteiger partial charge in [0.1, 0.15) is 11.6 Å². The zero-order valence-corrected chi connectivity index (χ0v) is 17.3. The molecule has 0 radical (unpaired) electrons. The van der Waals surface area contributed by atoms with Crippen molar-refractivity contribution in [2.24, 2.45) is 0 Å². The minimum Gasteiger partial charge on any atom is -0.490 e. The Labute approximate surface area is 167 Å². The molecule has 0 atom stereocenters. The summed E-state index contributed by atoms with van der Waals surface area (Å²) in [5.74, 6) is 0.440. The Bertz CT molecular complexity index is 830. The molecule has 1 aliphatic carbocycles. The maximum atomic E-state index is 14.6. The van der Waals surface area contributed by atoms with Crippen molar-refractivity contribution in [1.29, 1.82) is 0 Å². The molecule has 1 aliphatic rings. The number of hydrogen-bond acceptors (Lipinski definition) is 2. The molecule has 0 heterocycles. The molecule has 2 aromatic rings. The van der Waals surface area contributed by atoms with Crippen molar-refractivity contribution in [2.75, 3.05) is 5.32 Å². The van der Waals surface area contributed by atoms with E-state index < -0.39 is 5.41 Å². The Balaban J connectivity index is 1.92. The summed E-state index contributed by atoms with van der Waals surface area (Å²) in [4.78, 5) is 13.4. The second-order valence-corrected chi connectivity index (χ2v) is 8.18. The van der Waals surface area contributed by atoms with Crippen molar-refractivity contribution in [2.45, 2.75) is 71.3 Å². The Kier molecular flexibility index (Phi) is 6.07. The number of carbonyl (C=O) groups is 1. The maximum absolute atomic E-state index is 14.6. The fourth-order valence-electron chi connectivity index (χ4n) is 4.32. The summed E-state index contributed by atoms with van der Waals surface area (Å²) < 4.78 is 20.5. The summed E-state index contributed by atoms with van der Waals surface area (Å²) in [6.45, 7) is 7.95. The summed E-state index contributed by atoms with van der Waals surface area (Å²) >= 11 is 0. The molecule has 3 nitrogen and oxygen atoms in total. The van der Waals surface area contributed by atoms with Gasteiger partial charge in [-0.25, -0.2) is 4.39 Å². The van der Waals surface area contributed by atoms with Gasteiger partial charge >= 0.3 is 0 Å². The molecule has 0 unspecified atom stereocenters. The van der Waals surface area contributed by atoms with E-state index in [0.29, 0.717) is 18.4 Å². The third-order valence-electron chi connectivity index (χ3n) is 5.60. The summed E-state index contributed by atoms with van der Waals surface area (Å²) in [5, 5.41) is 3.08. The highest BCUT2D eigenvalue weighted by Gasteiger charge is 2.42. The molecule has 0 bridgehead atoms. The highest BCUT2D eigenvalue weighted by Crippen LogP contribution is 2.42. The lowest BCUT2D eigenvalue weighted by atomic mass is 9.68. The van der Waals surface area contributed by atoms with E-state index in [2.05, 4.69) is 5.32 Å². The number of aryl methyl sites for hydroxylation is 2. The lowest BCUT2D eigenvalue weighted by molar-refractivity contribution is -0.122. The Morgan fingerprint density at radius 3 is 2.25 bits per heavy atom. The first kappa shape index (κ1) is 20.4. The number of benzene rings is 2. The van der Waals surface area contributed by atoms with Gasteiger partial charge in [-0.2, -0.15) is 0 Å². The summed E-state index contributed by atoms with van der Waals surface area (Å²) in [7, 11) is 0. The predicted molar refractivity (Wildman–Crippen MR) is 111 cm³/mol. The zero-order chi connectivity index (χ0) is 20.3. The molecule has 1 amide bonds. The Morgan fingerprint density at radius 1 is 1.07 bits per heavy atom. The third-order valence-corrected chi connectivity index (χ3v) is 5.60. The molecule has 0 saturated heterocycles. The molecule has 1 fully saturated rings. The van der Waals surface area contributed by atoms with Crippen LogP contribution < -0.4 is 10.1 Å². The maximum Gasteiger partial charge on any atom is 0.235 e. The topological polar surface area (TPSA) is 38.3 Å². The number of rotatable bonds is 5. The molecule has 3 rings (SSSR count). The monoisotopic (exact) mass is 383 g/mol. The first-order valence-electron chi connectivity index (χ1n) is 10.2. The van der Waals surface area contributed by atoms with E-state index in [4.69, 9.17) is 4.74 Å². The Morgan fingerprint density at radius 2 is 1.68 bits per heavy atom. The highest BCUT2D eigenvalue weighted by atomic mass is 19.1. The first-order chi connectivity index (χ1) is 13.3. The fraction of sp³-hybridized carbons (Fsp3) is 0.458.